The van der Waals surface area contributed by atoms with Gasteiger partial charge in [-0.3, -0.25) is 0 Å². The summed E-state index contributed by atoms with van der Waals surface area (Å²) in [6.45, 7) is 4.31. The molecule has 1 aromatic heterocycles. The predicted octanol–water partition coefficient (Wildman–Crippen LogP) is 5.80. The van der Waals surface area contributed by atoms with Crippen molar-refractivity contribution in [2.24, 2.45) is 11.0 Å². The zero-order valence-electron chi connectivity index (χ0n) is 15.2. The number of aryl methyl sites for hydroxylation is 1. The molecule has 0 bridgehead atoms. The van der Waals surface area contributed by atoms with E-state index < -0.39 is 0 Å². The second kappa shape index (κ2) is 5.88. The van der Waals surface area contributed by atoms with Gasteiger partial charge >= 0.3 is 0 Å². The fourth-order valence-corrected chi connectivity index (χ4v) is 4.91. The first-order valence-electron chi connectivity index (χ1n) is 9.46. The Labute approximate surface area is 162 Å². The van der Waals surface area contributed by atoms with Gasteiger partial charge < -0.3 is 9.15 Å². The van der Waals surface area contributed by atoms with Crippen LogP contribution in [0.1, 0.15) is 62.2 Å². The summed E-state index contributed by atoms with van der Waals surface area (Å²) in [5.74, 6) is 3.57. The third-order valence-corrected chi connectivity index (χ3v) is 6.53. The second-order valence-corrected chi connectivity index (χ2v) is 8.85. The van der Waals surface area contributed by atoms with E-state index in [1.54, 1.807) is 0 Å². The summed E-state index contributed by atoms with van der Waals surface area (Å²) >= 11 is 3.62. The van der Waals surface area contributed by atoms with Crippen LogP contribution in [0, 0.1) is 12.8 Å². The molecule has 1 spiro atoms. The zero-order valence-corrected chi connectivity index (χ0v) is 16.8. The Morgan fingerprint density at radius 2 is 2.00 bits per heavy atom. The predicted molar refractivity (Wildman–Crippen MR) is 104 cm³/mol. The van der Waals surface area contributed by atoms with E-state index >= 15 is 0 Å². The van der Waals surface area contributed by atoms with E-state index in [-0.39, 0.29) is 11.8 Å². The molecular formula is C21H23BrN2O2. The molecule has 1 aliphatic carbocycles. The minimum Gasteiger partial charge on any atom is -0.466 e. The van der Waals surface area contributed by atoms with Gasteiger partial charge in [-0.25, -0.2) is 5.01 Å². The van der Waals surface area contributed by atoms with Gasteiger partial charge in [0.05, 0.1) is 6.04 Å². The van der Waals surface area contributed by atoms with Crippen LogP contribution >= 0.6 is 15.9 Å². The highest BCUT2D eigenvalue weighted by Gasteiger charge is 2.51. The van der Waals surface area contributed by atoms with Crippen LogP contribution in [0.3, 0.4) is 0 Å². The highest BCUT2D eigenvalue weighted by atomic mass is 79.9. The van der Waals surface area contributed by atoms with E-state index in [1.165, 1.54) is 18.4 Å². The van der Waals surface area contributed by atoms with E-state index in [4.69, 9.17) is 14.3 Å². The van der Waals surface area contributed by atoms with E-state index in [1.807, 2.05) is 19.1 Å². The van der Waals surface area contributed by atoms with Crippen molar-refractivity contribution in [3.63, 3.8) is 0 Å². The van der Waals surface area contributed by atoms with Gasteiger partial charge in [0.15, 0.2) is 5.72 Å². The van der Waals surface area contributed by atoms with Crippen molar-refractivity contribution in [3.8, 4) is 5.75 Å². The van der Waals surface area contributed by atoms with E-state index in [2.05, 4.69) is 46.1 Å². The van der Waals surface area contributed by atoms with Crippen LogP contribution in [-0.2, 0) is 0 Å². The maximum atomic E-state index is 6.63. The number of rotatable bonds is 1. The van der Waals surface area contributed by atoms with Crippen molar-refractivity contribution in [2.75, 3.05) is 0 Å². The summed E-state index contributed by atoms with van der Waals surface area (Å²) in [5, 5.41) is 7.29. The summed E-state index contributed by atoms with van der Waals surface area (Å²) in [6, 6.07) is 10.6. The molecule has 26 heavy (non-hydrogen) atoms. The Kier molecular flexibility index (Phi) is 3.71. The van der Waals surface area contributed by atoms with Crippen LogP contribution in [0.2, 0.25) is 0 Å². The smallest absolute Gasteiger partial charge is 0.198 e. The summed E-state index contributed by atoms with van der Waals surface area (Å²) in [5.41, 5.74) is 1.92. The van der Waals surface area contributed by atoms with Crippen LogP contribution < -0.4 is 4.74 Å². The first-order valence-corrected chi connectivity index (χ1v) is 10.3. The lowest BCUT2D eigenvalue weighted by Crippen LogP contribution is -2.55. The van der Waals surface area contributed by atoms with Crippen molar-refractivity contribution in [1.82, 2.24) is 5.01 Å². The third-order valence-electron chi connectivity index (χ3n) is 6.04. The van der Waals surface area contributed by atoms with Crippen LogP contribution in [-0.4, -0.2) is 16.4 Å². The van der Waals surface area contributed by atoms with Crippen molar-refractivity contribution < 1.29 is 9.15 Å². The number of ether oxygens (including phenoxy) is 1. The monoisotopic (exact) mass is 414 g/mol. The summed E-state index contributed by atoms with van der Waals surface area (Å²) in [7, 11) is 0. The molecule has 5 rings (SSSR count). The number of nitrogens with zero attached hydrogens (tertiary/aromatic N) is 2. The molecule has 3 heterocycles. The normalized spacial score (nSPS) is 30.0. The zero-order chi connectivity index (χ0) is 17.9. The van der Waals surface area contributed by atoms with Gasteiger partial charge in [0, 0.05) is 29.3 Å². The molecule has 1 fully saturated rings. The van der Waals surface area contributed by atoms with Gasteiger partial charge in [-0.05, 0) is 56.0 Å². The molecule has 5 heteroatoms. The van der Waals surface area contributed by atoms with Crippen molar-refractivity contribution in [1.29, 1.82) is 0 Å². The molecule has 1 atom stereocenters. The summed E-state index contributed by atoms with van der Waals surface area (Å²) < 4.78 is 13.6. The molecule has 2 aliphatic heterocycles. The van der Waals surface area contributed by atoms with Gasteiger partial charge in [0.1, 0.15) is 23.0 Å². The first-order chi connectivity index (χ1) is 12.5. The minimum atomic E-state index is -0.318. The molecule has 4 nitrogen and oxygen atoms in total. The third kappa shape index (κ3) is 2.51. The Morgan fingerprint density at radius 1 is 1.19 bits per heavy atom. The Morgan fingerprint density at radius 3 is 2.73 bits per heavy atom. The van der Waals surface area contributed by atoms with Crippen molar-refractivity contribution in [3.05, 3.63) is 51.9 Å². The molecule has 0 saturated heterocycles. The molecule has 0 unspecified atom stereocenters. The highest BCUT2D eigenvalue weighted by Crippen LogP contribution is 2.52. The largest absolute Gasteiger partial charge is 0.466 e. The van der Waals surface area contributed by atoms with E-state index in [0.717, 1.165) is 52.6 Å². The fourth-order valence-electron chi connectivity index (χ4n) is 4.53. The number of benzene rings is 1. The van der Waals surface area contributed by atoms with Crippen LogP contribution in [0.25, 0.3) is 0 Å². The first kappa shape index (κ1) is 16.4. The molecule has 0 radical (unpaired) electrons. The molecule has 2 aromatic rings. The maximum Gasteiger partial charge on any atom is 0.198 e. The van der Waals surface area contributed by atoms with Gasteiger partial charge in [0.25, 0.3) is 0 Å². The Hall–Kier alpha value is -1.75. The number of fused-ring (bicyclic) bond motifs is 4. The number of hydrazone groups is 1. The van der Waals surface area contributed by atoms with Crippen molar-refractivity contribution in [2.45, 2.75) is 57.7 Å². The van der Waals surface area contributed by atoms with Crippen LogP contribution in [0.15, 0.2) is 44.3 Å². The molecular weight excluding hydrogens is 392 g/mol. The average molecular weight is 415 g/mol. The van der Waals surface area contributed by atoms with Crippen molar-refractivity contribution >= 4 is 21.6 Å². The maximum absolute atomic E-state index is 6.63. The number of hydrogen-bond acceptors (Lipinski definition) is 4. The Bertz CT molecular complexity index is 880. The summed E-state index contributed by atoms with van der Waals surface area (Å²) in [6.07, 6.45) is 5.26. The quantitative estimate of drug-likeness (QED) is 0.591. The Balaban J connectivity index is 1.59. The lowest BCUT2D eigenvalue weighted by Gasteiger charge is -2.50. The fraction of sp³-hybridized carbons (Fsp3) is 0.476. The molecule has 1 aromatic carbocycles. The standard InChI is InChI=1S/C21H23BrN2O2/c1-13-7-9-21(10-8-13)24-18(16-11-15(22)4-6-19(16)26-21)12-17(23-24)20-5-3-14(2)25-20/h3-6,11,13,18H,7-10,12H2,1-2H3/t13?,18-,21?/m0/s1. The average Bonchev–Trinajstić information content (AvgIpc) is 3.25. The lowest BCUT2D eigenvalue weighted by atomic mass is 9.82. The molecule has 136 valence electrons. The highest BCUT2D eigenvalue weighted by molar-refractivity contribution is 9.10. The van der Waals surface area contributed by atoms with Gasteiger partial charge in [-0.2, -0.15) is 5.10 Å². The minimum absolute atomic E-state index is 0.213. The number of hydrogen-bond donors (Lipinski definition) is 0. The van der Waals surface area contributed by atoms with Crippen LogP contribution in [0.4, 0.5) is 0 Å². The lowest BCUT2D eigenvalue weighted by molar-refractivity contribution is -0.145. The second-order valence-electron chi connectivity index (χ2n) is 7.93. The van der Waals surface area contributed by atoms with Gasteiger partial charge in [-0.15, -0.1) is 0 Å². The van der Waals surface area contributed by atoms with Gasteiger partial charge in [0.2, 0.25) is 0 Å². The topological polar surface area (TPSA) is 38.0 Å². The molecule has 0 amide bonds. The molecule has 1 saturated carbocycles. The molecule has 3 aliphatic rings. The van der Waals surface area contributed by atoms with E-state index in [0.29, 0.717) is 0 Å². The SMILES string of the molecule is Cc1ccc(C2=NN3[C@@H](C2)c2cc(Br)ccc2OC32CCC(C)CC2)o1. The molecule has 0 N–H and O–H groups in total. The number of furan rings is 1. The van der Waals surface area contributed by atoms with E-state index in [9.17, 15) is 0 Å². The number of halogens is 1. The van der Waals surface area contributed by atoms with Crippen LogP contribution in [0.5, 0.6) is 5.75 Å². The van der Waals surface area contributed by atoms with Gasteiger partial charge in [-0.1, -0.05) is 22.9 Å². The summed E-state index contributed by atoms with van der Waals surface area (Å²) in [4.78, 5) is 0.